The van der Waals surface area contributed by atoms with Gasteiger partial charge in [0.15, 0.2) is 0 Å². The molecule has 0 radical (unpaired) electrons. The lowest BCUT2D eigenvalue weighted by atomic mass is 9.51. The van der Waals surface area contributed by atoms with Gasteiger partial charge in [-0.1, -0.05) is 12.1 Å². The van der Waals surface area contributed by atoms with Crippen LogP contribution in [0.1, 0.15) is 55.9 Å². The number of thiazole rings is 1. The number of hydrogen-bond donors (Lipinski definition) is 0. The summed E-state index contributed by atoms with van der Waals surface area (Å²) >= 11 is 1.85. The molecule has 2 aromatic rings. The van der Waals surface area contributed by atoms with E-state index in [0.29, 0.717) is 29.6 Å². The maximum Gasteiger partial charge on any atom is 0.226 e. The van der Waals surface area contributed by atoms with Crippen molar-refractivity contribution in [2.45, 2.75) is 50.9 Å². The molecule has 0 N–H and O–H groups in total. The summed E-state index contributed by atoms with van der Waals surface area (Å²) in [6.45, 7) is 1.87. The predicted molar refractivity (Wildman–Crippen MR) is 109 cm³/mol. The van der Waals surface area contributed by atoms with Crippen molar-refractivity contribution < 1.29 is 4.79 Å². The highest BCUT2D eigenvalue weighted by Crippen LogP contribution is 2.57. The van der Waals surface area contributed by atoms with Crippen LogP contribution >= 0.6 is 11.3 Å². The minimum atomic E-state index is 0.358. The van der Waals surface area contributed by atoms with E-state index in [2.05, 4.69) is 29.2 Å². The van der Waals surface area contributed by atoms with Crippen molar-refractivity contribution in [3.63, 3.8) is 0 Å². The van der Waals surface area contributed by atoms with Crippen LogP contribution in [0.15, 0.2) is 24.3 Å². The van der Waals surface area contributed by atoms with Gasteiger partial charge >= 0.3 is 0 Å². The number of fused-ring (bicyclic) bond motifs is 1. The van der Waals surface area contributed by atoms with E-state index in [9.17, 15) is 4.79 Å². The maximum atomic E-state index is 13.4. The first kappa shape index (κ1) is 16.5. The number of carbonyl (C=O) groups is 1. The minimum Gasteiger partial charge on any atom is -0.342 e. The van der Waals surface area contributed by atoms with Crippen molar-refractivity contribution in [3.05, 3.63) is 29.3 Å². The maximum absolute atomic E-state index is 13.4. The summed E-state index contributed by atoms with van der Waals surface area (Å²) in [6, 6.07) is 8.44. The van der Waals surface area contributed by atoms with Gasteiger partial charge < -0.3 is 4.90 Å². The highest BCUT2D eigenvalue weighted by Gasteiger charge is 2.51. The molecule has 27 heavy (non-hydrogen) atoms. The summed E-state index contributed by atoms with van der Waals surface area (Å²) in [5, 5.41) is 1.28. The number of para-hydroxylation sites is 1. The number of nitrogens with zero attached hydrogens (tertiary/aromatic N) is 2. The first-order valence-corrected chi connectivity index (χ1v) is 11.7. The molecule has 4 bridgehead atoms. The Labute approximate surface area is 165 Å². The molecule has 142 valence electrons. The number of carbonyl (C=O) groups excluding carboxylic acids is 1. The Morgan fingerprint density at radius 3 is 2.30 bits per heavy atom. The summed E-state index contributed by atoms with van der Waals surface area (Å²) in [7, 11) is 0. The number of rotatable bonds is 2. The number of aromatic nitrogens is 1. The molecule has 4 aliphatic carbocycles. The lowest BCUT2D eigenvalue weighted by Gasteiger charge is -2.54. The number of benzene rings is 1. The van der Waals surface area contributed by atoms with Crippen LogP contribution in [0.4, 0.5) is 0 Å². The second-order valence-electron chi connectivity index (χ2n) is 9.58. The molecule has 0 unspecified atom stereocenters. The van der Waals surface area contributed by atoms with Crippen LogP contribution in [-0.4, -0.2) is 28.9 Å². The fourth-order valence-corrected chi connectivity index (χ4v) is 8.09. The molecule has 3 nitrogen and oxygen atoms in total. The number of piperidine rings is 1. The fourth-order valence-electron chi connectivity index (χ4n) is 6.95. The molecule has 1 amide bonds. The van der Waals surface area contributed by atoms with Gasteiger partial charge in [-0.05, 0) is 80.8 Å². The average molecular weight is 381 g/mol. The molecule has 1 aromatic heterocycles. The van der Waals surface area contributed by atoms with Crippen molar-refractivity contribution >= 4 is 27.5 Å². The van der Waals surface area contributed by atoms with E-state index in [4.69, 9.17) is 4.98 Å². The summed E-state index contributed by atoms with van der Waals surface area (Å²) in [4.78, 5) is 20.5. The Balaban J connectivity index is 1.14. The molecule has 5 fully saturated rings. The Morgan fingerprint density at radius 2 is 1.63 bits per heavy atom. The first-order valence-electron chi connectivity index (χ1n) is 10.9. The van der Waals surface area contributed by atoms with Gasteiger partial charge in [-0.15, -0.1) is 11.3 Å². The Morgan fingerprint density at radius 1 is 0.963 bits per heavy atom. The van der Waals surface area contributed by atoms with Crippen molar-refractivity contribution in [1.29, 1.82) is 0 Å². The molecule has 4 heteroatoms. The van der Waals surface area contributed by atoms with E-state index in [0.717, 1.165) is 43.3 Å². The number of hydrogen-bond acceptors (Lipinski definition) is 3. The third kappa shape index (κ3) is 2.74. The molecule has 1 saturated heterocycles. The minimum absolute atomic E-state index is 0.358. The molecule has 0 atom stereocenters. The van der Waals surface area contributed by atoms with E-state index in [1.165, 1.54) is 41.8 Å². The third-order valence-electron chi connectivity index (χ3n) is 7.98. The largest absolute Gasteiger partial charge is 0.342 e. The predicted octanol–water partition coefficient (Wildman–Crippen LogP) is 5.07. The van der Waals surface area contributed by atoms with Crippen LogP contribution < -0.4 is 0 Å². The van der Waals surface area contributed by atoms with Gasteiger partial charge in [-0.25, -0.2) is 4.98 Å². The summed E-state index contributed by atoms with van der Waals surface area (Å²) in [5.41, 5.74) is 1.13. The zero-order valence-corrected chi connectivity index (χ0v) is 16.7. The smallest absolute Gasteiger partial charge is 0.226 e. The van der Waals surface area contributed by atoms with E-state index < -0.39 is 0 Å². The summed E-state index contributed by atoms with van der Waals surface area (Å²) < 4.78 is 1.29. The van der Waals surface area contributed by atoms with Gasteiger partial charge in [0.1, 0.15) is 0 Å². The van der Waals surface area contributed by atoms with Crippen LogP contribution in [0.25, 0.3) is 10.2 Å². The van der Waals surface area contributed by atoms with Crippen LogP contribution in [0.5, 0.6) is 0 Å². The Kier molecular flexibility index (Phi) is 3.86. The van der Waals surface area contributed by atoms with Crippen molar-refractivity contribution in [1.82, 2.24) is 9.88 Å². The lowest BCUT2D eigenvalue weighted by molar-refractivity contribution is -0.150. The Bertz CT molecular complexity index is 805. The fraction of sp³-hybridized carbons (Fsp3) is 0.652. The topological polar surface area (TPSA) is 33.2 Å². The molecule has 4 saturated carbocycles. The van der Waals surface area contributed by atoms with Gasteiger partial charge in [0, 0.05) is 24.9 Å². The highest BCUT2D eigenvalue weighted by molar-refractivity contribution is 7.18. The summed E-state index contributed by atoms with van der Waals surface area (Å²) in [6.07, 6.45) is 8.98. The second-order valence-corrected chi connectivity index (χ2v) is 10.6. The van der Waals surface area contributed by atoms with E-state index in [-0.39, 0.29) is 0 Å². The van der Waals surface area contributed by atoms with Crippen molar-refractivity contribution in [3.8, 4) is 0 Å². The normalized spacial score (nSPS) is 35.9. The Hall–Kier alpha value is -1.42. The molecular weight excluding hydrogens is 352 g/mol. The molecule has 0 spiro atoms. The van der Waals surface area contributed by atoms with Gasteiger partial charge in [-0.2, -0.15) is 0 Å². The third-order valence-corrected chi connectivity index (χ3v) is 9.18. The van der Waals surface area contributed by atoms with Gasteiger partial charge in [0.05, 0.1) is 15.2 Å². The van der Waals surface area contributed by atoms with Crippen LogP contribution in [0, 0.1) is 29.6 Å². The SMILES string of the molecule is O=C(C1C2CC3CC(C2)CC1C3)N1CCC(c2nc3ccccc3s2)CC1. The summed E-state index contributed by atoms with van der Waals surface area (Å²) in [5.74, 6) is 4.70. The average Bonchev–Trinajstić information content (AvgIpc) is 3.11. The first-order chi connectivity index (χ1) is 13.2. The molecule has 2 heterocycles. The van der Waals surface area contributed by atoms with Crippen LogP contribution in [0.2, 0.25) is 0 Å². The van der Waals surface area contributed by atoms with Gasteiger partial charge in [0.2, 0.25) is 5.91 Å². The molecule has 1 aromatic carbocycles. The second kappa shape index (κ2) is 6.30. The van der Waals surface area contributed by atoms with Gasteiger partial charge in [-0.3, -0.25) is 4.79 Å². The standard InChI is InChI=1S/C23H28N2OS/c26-23(21-17-10-14-9-15(12-17)13-18(21)11-14)25-7-5-16(6-8-25)22-24-19-3-1-2-4-20(19)27-22/h1-4,14-18,21H,5-13H2. The quantitative estimate of drug-likeness (QED) is 0.728. The number of amides is 1. The van der Waals surface area contributed by atoms with Crippen LogP contribution in [-0.2, 0) is 4.79 Å². The van der Waals surface area contributed by atoms with E-state index >= 15 is 0 Å². The monoisotopic (exact) mass is 380 g/mol. The van der Waals surface area contributed by atoms with Gasteiger partial charge in [0.25, 0.3) is 0 Å². The van der Waals surface area contributed by atoms with E-state index in [1.54, 1.807) is 0 Å². The zero-order chi connectivity index (χ0) is 18.0. The van der Waals surface area contributed by atoms with E-state index in [1.807, 2.05) is 11.3 Å². The highest BCUT2D eigenvalue weighted by atomic mass is 32.1. The molecular formula is C23H28N2OS. The van der Waals surface area contributed by atoms with Crippen LogP contribution in [0.3, 0.4) is 0 Å². The zero-order valence-electron chi connectivity index (χ0n) is 15.8. The molecule has 5 aliphatic rings. The number of likely N-dealkylation sites (tertiary alicyclic amines) is 1. The lowest BCUT2D eigenvalue weighted by Crippen LogP contribution is -2.53. The molecule has 7 rings (SSSR count). The van der Waals surface area contributed by atoms with Crippen molar-refractivity contribution in [2.24, 2.45) is 29.6 Å². The van der Waals surface area contributed by atoms with Crippen molar-refractivity contribution in [2.75, 3.05) is 13.1 Å². The molecule has 1 aliphatic heterocycles.